The largest absolute Gasteiger partial charge is 0.376 e. The molecule has 2 aromatic carbocycles. The summed E-state index contributed by atoms with van der Waals surface area (Å²) in [6.07, 6.45) is 2.56. The van der Waals surface area contributed by atoms with Crippen molar-refractivity contribution in [2.24, 2.45) is 5.92 Å². The highest BCUT2D eigenvalue weighted by atomic mass is 32.2. The van der Waals surface area contributed by atoms with Gasteiger partial charge in [0.25, 0.3) is 0 Å². The van der Waals surface area contributed by atoms with Gasteiger partial charge in [-0.25, -0.2) is 4.79 Å². The zero-order chi connectivity index (χ0) is 19.2. The lowest BCUT2D eigenvalue weighted by molar-refractivity contribution is 0.0900. The van der Waals surface area contributed by atoms with Gasteiger partial charge in [-0.1, -0.05) is 42.5 Å². The second-order valence-electron chi connectivity index (χ2n) is 6.93. The van der Waals surface area contributed by atoms with Crippen molar-refractivity contribution in [1.29, 1.82) is 0 Å². The van der Waals surface area contributed by atoms with Crippen molar-refractivity contribution < 1.29 is 13.7 Å². The van der Waals surface area contributed by atoms with Gasteiger partial charge in [0, 0.05) is 25.3 Å². The first-order valence-electron chi connectivity index (χ1n) is 9.15. The number of para-hydroxylation sites is 1. The van der Waals surface area contributed by atoms with Crippen LogP contribution in [0.2, 0.25) is 0 Å². The third kappa shape index (κ3) is 5.17. The van der Waals surface area contributed by atoms with E-state index in [1.54, 1.807) is 12.3 Å². The van der Waals surface area contributed by atoms with E-state index in [9.17, 15) is 9.00 Å². The first kappa shape index (κ1) is 19.6. The minimum Gasteiger partial charge on any atom is -0.376 e. The zero-order valence-corrected chi connectivity index (χ0v) is 16.6. The fourth-order valence-corrected chi connectivity index (χ4v) is 4.07. The molecule has 2 amide bonds. The second-order valence-corrected chi connectivity index (χ2v) is 8.28. The quantitative estimate of drug-likeness (QED) is 0.821. The number of ether oxygens (including phenoxy) is 1. The fourth-order valence-electron chi connectivity index (χ4n) is 3.30. The Bertz CT molecular complexity index is 810. The minimum absolute atomic E-state index is 0.137. The standard InChI is InChI=1S/C21H26N2O3S/c1-16-7-6-10-19(27(2)25)20(16)22-21(24)23-12-11-18(13-23)15-26-14-17-8-4-3-5-9-17/h3-10,18H,11-15H2,1-2H3,(H,22,24)/t18-,27-/m0/s1. The van der Waals surface area contributed by atoms with Crippen LogP contribution in [0.15, 0.2) is 53.4 Å². The number of aryl methyl sites for hydroxylation is 1. The molecule has 144 valence electrons. The lowest BCUT2D eigenvalue weighted by atomic mass is 10.1. The van der Waals surface area contributed by atoms with Gasteiger partial charge in [-0.3, -0.25) is 4.21 Å². The van der Waals surface area contributed by atoms with Crippen LogP contribution in [-0.2, 0) is 22.1 Å². The summed E-state index contributed by atoms with van der Waals surface area (Å²) in [5.41, 5.74) is 2.73. The van der Waals surface area contributed by atoms with Crippen molar-refractivity contribution in [1.82, 2.24) is 4.90 Å². The molecule has 2 atom stereocenters. The lowest BCUT2D eigenvalue weighted by Gasteiger charge is -2.19. The van der Waals surface area contributed by atoms with E-state index in [1.165, 1.54) is 0 Å². The summed E-state index contributed by atoms with van der Waals surface area (Å²) in [6, 6.07) is 15.5. The Morgan fingerprint density at radius 1 is 1.22 bits per heavy atom. The summed E-state index contributed by atoms with van der Waals surface area (Å²) in [7, 11) is -1.15. The number of hydrogen-bond acceptors (Lipinski definition) is 3. The van der Waals surface area contributed by atoms with Crippen molar-refractivity contribution in [3.63, 3.8) is 0 Å². The van der Waals surface area contributed by atoms with Gasteiger partial charge in [-0.15, -0.1) is 0 Å². The SMILES string of the molecule is Cc1cccc([S@](C)=O)c1NC(=O)N1CC[C@H](COCc2ccccc2)C1. The first-order valence-corrected chi connectivity index (χ1v) is 10.7. The average molecular weight is 387 g/mol. The van der Waals surface area contributed by atoms with Gasteiger partial charge in [-0.2, -0.15) is 0 Å². The van der Waals surface area contributed by atoms with Gasteiger partial charge in [0.2, 0.25) is 0 Å². The van der Waals surface area contributed by atoms with Crippen molar-refractivity contribution >= 4 is 22.5 Å². The number of urea groups is 1. The average Bonchev–Trinajstić information content (AvgIpc) is 3.13. The Kier molecular flexibility index (Phi) is 6.63. The van der Waals surface area contributed by atoms with Crippen molar-refractivity contribution in [2.45, 2.75) is 24.8 Å². The molecule has 0 spiro atoms. The molecule has 1 aliphatic rings. The van der Waals surface area contributed by atoms with E-state index in [4.69, 9.17) is 4.74 Å². The number of nitrogens with zero attached hydrogens (tertiary/aromatic N) is 1. The second kappa shape index (κ2) is 9.15. The van der Waals surface area contributed by atoms with E-state index in [1.807, 2.05) is 54.3 Å². The number of anilines is 1. The summed E-state index contributed by atoms with van der Waals surface area (Å²) in [4.78, 5) is 15.1. The molecule has 0 unspecified atom stereocenters. The number of amides is 2. The molecule has 1 saturated heterocycles. The molecule has 1 fully saturated rings. The van der Waals surface area contributed by atoms with Gasteiger partial charge < -0.3 is 15.0 Å². The van der Waals surface area contributed by atoms with Crippen LogP contribution in [0.1, 0.15) is 17.5 Å². The summed E-state index contributed by atoms with van der Waals surface area (Å²) < 4.78 is 17.8. The molecule has 0 saturated carbocycles. The molecule has 0 aliphatic carbocycles. The van der Waals surface area contributed by atoms with Crippen molar-refractivity contribution in [3.8, 4) is 0 Å². The number of hydrogen-bond donors (Lipinski definition) is 1. The maximum atomic E-state index is 12.7. The normalized spacial score (nSPS) is 17.7. The molecule has 5 nitrogen and oxygen atoms in total. The van der Waals surface area contributed by atoms with E-state index in [0.29, 0.717) is 42.8 Å². The molecule has 27 heavy (non-hydrogen) atoms. The van der Waals surface area contributed by atoms with E-state index in [0.717, 1.165) is 17.5 Å². The molecule has 1 aliphatic heterocycles. The van der Waals surface area contributed by atoms with E-state index in [2.05, 4.69) is 5.32 Å². The molecular weight excluding hydrogens is 360 g/mol. The van der Waals surface area contributed by atoms with Crippen LogP contribution < -0.4 is 5.32 Å². The van der Waals surface area contributed by atoms with Crippen LogP contribution in [0.4, 0.5) is 10.5 Å². The Morgan fingerprint density at radius 3 is 2.74 bits per heavy atom. The topological polar surface area (TPSA) is 58.6 Å². The van der Waals surface area contributed by atoms with Crippen LogP contribution in [0.25, 0.3) is 0 Å². The third-order valence-corrected chi connectivity index (χ3v) is 5.77. The summed E-state index contributed by atoms with van der Waals surface area (Å²) in [5, 5.41) is 2.96. The zero-order valence-electron chi connectivity index (χ0n) is 15.8. The molecule has 0 radical (unpaired) electrons. The van der Waals surface area contributed by atoms with Crippen LogP contribution in [0.5, 0.6) is 0 Å². The highest BCUT2D eigenvalue weighted by molar-refractivity contribution is 7.84. The number of nitrogens with one attached hydrogen (secondary N) is 1. The third-order valence-electron chi connectivity index (χ3n) is 4.81. The molecule has 1 heterocycles. The van der Waals surface area contributed by atoms with Crippen molar-refractivity contribution in [2.75, 3.05) is 31.3 Å². The molecule has 0 bridgehead atoms. The Labute approximate surface area is 163 Å². The smallest absolute Gasteiger partial charge is 0.321 e. The van der Waals surface area contributed by atoms with Gasteiger partial charge in [0.05, 0.1) is 34.6 Å². The minimum atomic E-state index is -1.15. The van der Waals surface area contributed by atoms with Crippen molar-refractivity contribution in [3.05, 3.63) is 59.7 Å². The first-order chi connectivity index (χ1) is 13.0. The monoisotopic (exact) mass is 386 g/mol. The summed E-state index contributed by atoms with van der Waals surface area (Å²) >= 11 is 0. The van der Waals surface area contributed by atoms with Gasteiger partial charge >= 0.3 is 6.03 Å². The van der Waals surface area contributed by atoms with E-state index >= 15 is 0 Å². The van der Waals surface area contributed by atoms with E-state index < -0.39 is 10.8 Å². The maximum absolute atomic E-state index is 12.7. The predicted octanol–water partition coefficient (Wildman–Crippen LogP) is 3.80. The Morgan fingerprint density at radius 2 is 2.00 bits per heavy atom. The fraction of sp³-hybridized carbons (Fsp3) is 0.381. The highest BCUT2D eigenvalue weighted by Crippen LogP contribution is 2.25. The van der Waals surface area contributed by atoms with Crippen LogP contribution in [0.3, 0.4) is 0 Å². The van der Waals surface area contributed by atoms with E-state index in [-0.39, 0.29) is 6.03 Å². The molecule has 0 aromatic heterocycles. The maximum Gasteiger partial charge on any atom is 0.321 e. The van der Waals surface area contributed by atoms with Crippen LogP contribution in [-0.4, -0.2) is 41.1 Å². The Balaban J connectivity index is 1.52. The molecular formula is C21H26N2O3S. The van der Waals surface area contributed by atoms with Gasteiger partial charge in [0.15, 0.2) is 0 Å². The molecule has 2 aromatic rings. The molecule has 6 heteroatoms. The molecule has 1 N–H and O–H groups in total. The number of likely N-dealkylation sites (tertiary alicyclic amines) is 1. The number of rotatable bonds is 6. The number of carbonyl (C=O) groups excluding carboxylic acids is 1. The summed E-state index contributed by atoms with van der Waals surface area (Å²) in [6.45, 7) is 4.54. The van der Waals surface area contributed by atoms with Gasteiger partial charge in [-0.05, 0) is 30.5 Å². The predicted molar refractivity (Wildman–Crippen MR) is 108 cm³/mol. The number of benzene rings is 2. The Hall–Kier alpha value is -2.18. The molecule has 3 rings (SSSR count). The van der Waals surface area contributed by atoms with Crippen LogP contribution in [0, 0.1) is 12.8 Å². The highest BCUT2D eigenvalue weighted by Gasteiger charge is 2.27. The summed E-state index contributed by atoms with van der Waals surface area (Å²) in [5.74, 6) is 0.344. The van der Waals surface area contributed by atoms with Gasteiger partial charge in [0.1, 0.15) is 0 Å². The number of carbonyl (C=O) groups is 1. The van der Waals surface area contributed by atoms with Crippen LogP contribution >= 0.6 is 0 Å². The lowest BCUT2D eigenvalue weighted by Crippen LogP contribution is -2.34.